The number of hydrogen-bond acceptors (Lipinski definition) is 2. The zero-order valence-electron chi connectivity index (χ0n) is 12.6. The molecule has 0 aliphatic heterocycles. The van der Waals surface area contributed by atoms with Crippen molar-refractivity contribution in [3.63, 3.8) is 0 Å². The van der Waals surface area contributed by atoms with E-state index in [9.17, 15) is 0 Å². The van der Waals surface area contributed by atoms with Gasteiger partial charge in [-0.2, -0.15) is 0 Å². The third-order valence-electron chi connectivity index (χ3n) is 4.26. The number of likely N-dealkylation sites (N-methyl/N-ethyl adjacent to an activating group) is 1. The van der Waals surface area contributed by atoms with Crippen molar-refractivity contribution in [2.75, 3.05) is 13.2 Å². The van der Waals surface area contributed by atoms with Crippen LogP contribution in [-0.4, -0.2) is 19.2 Å². The average Bonchev–Trinajstić information content (AvgIpc) is 2.45. The summed E-state index contributed by atoms with van der Waals surface area (Å²) in [5.74, 6) is 2.50. The van der Waals surface area contributed by atoms with Gasteiger partial charge < -0.3 is 10.1 Å². The Labute approximate surface area is 127 Å². The molecule has 1 aliphatic carbocycles. The van der Waals surface area contributed by atoms with Gasteiger partial charge in [0.1, 0.15) is 12.4 Å². The molecule has 20 heavy (non-hydrogen) atoms. The Morgan fingerprint density at radius 1 is 1.30 bits per heavy atom. The number of ether oxygens (including phenoxy) is 1. The first-order chi connectivity index (χ1) is 9.69. The van der Waals surface area contributed by atoms with E-state index < -0.39 is 0 Å². The van der Waals surface area contributed by atoms with Crippen LogP contribution in [0.3, 0.4) is 0 Å². The van der Waals surface area contributed by atoms with Crippen molar-refractivity contribution in [3.05, 3.63) is 29.3 Å². The number of benzene rings is 1. The molecule has 1 aromatic carbocycles. The van der Waals surface area contributed by atoms with Crippen LogP contribution in [0.15, 0.2) is 24.3 Å². The maximum absolute atomic E-state index is 5.94. The van der Waals surface area contributed by atoms with Crippen molar-refractivity contribution in [2.24, 2.45) is 11.8 Å². The van der Waals surface area contributed by atoms with E-state index in [1.165, 1.54) is 25.7 Å². The smallest absolute Gasteiger partial charge is 0.119 e. The van der Waals surface area contributed by atoms with E-state index in [1.54, 1.807) is 0 Å². The van der Waals surface area contributed by atoms with Gasteiger partial charge in [0.25, 0.3) is 0 Å². The Balaban J connectivity index is 1.89. The molecule has 0 spiro atoms. The maximum Gasteiger partial charge on any atom is 0.119 e. The van der Waals surface area contributed by atoms with Gasteiger partial charge in [0, 0.05) is 11.1 Å². The molecule has 2 nitrogen and oxygen atoms in total. The summed E-state index contributed by atoms with van der Waals surface area (Å²) in [5.41, 5.74) is 0. The van der Waals surface area contributed by atoms with Crippen LogP contribution >= 0.6 is 11.6 Å². The molecule has 1 N–H and O–H groups in total. The molecule has 0 heterocycles. The van der Waals surface area contributed by atoms with E-state index in [0.29, 0.717) is 6.04 Å². The second-order valence-electron chi connectivity index (χ2n) is 5.96. The predicted molar refractivity (Wildman–Crippen MR) is 85.5 cm³/mol. The van der Waals surface area contributed by atoms with Crippen LogP contribution in [0.1, 0.15) is 39.5 Å². The highest BCUT2D eigenvalue weighted by Crippen LogP contribution is 2.31. The van der Waals surface area contributed by atoms with Crippen LogP contribution in [0.5, 0.6) is 5.75 Å². The topological polar surface area (TPSA) is 21.3 Å². The van der Waals surface area contributed by atoms with Crippen molar-refractivity contribution in [2.45, 2.75) is 45.6 Å². The van der Waals surface area contributed by atoms with Crippen LogP contribution in [0.25, 0.3) is 0 Å². The fourth-order valence-corrected chi connectivity index (χ4v) is 3.31. The molecule has 3 unspecified atom stereocenters. The van der Waals surface area contributed by atoms with E-state index in [2.05, 4.69) is 19.2 Å². The van der Waals surface area contributed by atoms with Crippen molar-refractivity contribution in [1.29, 1.82) is 0 Å². The summed E-state index contributed by atoms with van der Waals surface area (Å²) >= 11 is 5.89. The molecule has 112 valence electrons. The molecule has 2 rings (SSSR count). The van der Waals surface area contributed by atoms with Gasteiger partial charge in [-0.3, -0.25) is 0 Å². The highest BCUT2D eigenvalue weighted by molar-refractivity contribution is 6.30. The number of hydrogen-bond donors (Lipinski definition) is 1. The van der Waals surface area contributed by atoms with Crippen molar-refractivity contribution >= 4 is 11.6 Å². The van der Waals surface area contributed by atoms with Crippen molar-refractivity contribution < 1.29 is 4.74 Å². The van der Waals surface area contributed by atoms with Crippen LogP contribution in [-0.2, 0) is 0 Å². The number of rotatable bonds is 6. The largest absolute Gasteiger partial charge is 0.492 e. The summed E-state index contributed by atoms with van der Waals surface area (Å²) in [6, 6.07) is 8.09. The Morgan fingerprint density at radius 3 is 2.70 bits per heavy atom. The van der Waals surface area contributed by atoms with Gasteiger partial charge in [0.15, 0.2) is 0 Å². The fourth-order valence-electron chi connectivity index (χ4n) is 3.19. The van der Waals surface area contributed by atoms with Gasteiger partial charge in [-0.05, 0) is 55.5 Å². The monoisotopic (exact) mass is 295 g/mol. The lowest BCUT2D eigenvalue weighted by atomic mass is 9.79. The van der Waals surface area contributed by atoms with Gasteiger partial charge in [-0.15, -0.1) is 0 Å². The quantitative estimate of drug-likeness (QED) is 0.833. The molecule has 1 fully saturated rings. The van der Waals surface area contributed by atoms with E-state index in [1.807, 2.05) is 24.3 Å². The lowest BCUT2D eigenvalue weighted by Gasteiger charge is -2.33. The molecule has 1 saturated carbocycles. The van der Waals surface area contributed by atoms with Crippen LogP contribution in [0.2, 0.25) is 5.02 Å². The molecular weight excluding hydrogens is 270 g/mol. The maximum atomic E-state index is 5.94. The van der Waals surface area contributed by atoms with Crippen molar-refractivity contribution in [1.82, 2.24) is 5.32 Å². The van der Waals surface area contributed by atoms with Gasteiger partial charge in [0.05, 0.1) is 0 Å². The Bertz CT molecular complexity index is 392. The second kappa shape index (κ2) is 7.90. The second-order valence-corrected chi connectivity index (χ2v) is 6.40. The molecule has 1 aliphatic rings. The minimum Gasteiger partial charge on any atom is -0.492 e. The summed E-state index contributed by atoms with van der Waals surface area (Å²) in [4.78, 5) is 0. The van der Waals surface area contributed by atoms with Crippen molar-refractivity contribution in [3.8, 4) is 5.75 Å². The molecular formula is C17H26ClNO. The first kappa shape index (κ1) is 15.7. The zero-order chi connectivity index (χ0) is 14.4. The van der Waals surface area contributed by atoms with Gasteiger partial charge >= 0.3 is 0 Å². The molecule has 3 heteroatoms. The third-order valence-corrected chi connectivity index (χ3v) is 4.51. The zero-order valence-corrected chi connectivity index (χ0v) is 13.3. The first-order valence-corrected chi connectivity index (χ1v) is 8.18. The fraction of sp³-hybridized carbons (Fsp3) is 0.647. The average molecular weight is 296 g/mol. The van der Waals surface area contributed by atoms with E-state index in [-0.39, 0.29) is 0 Å². The molecule has 3 atom stereocenters. The molecule has 0 amide bonds. The van der Waals surface area contributed by atoms with Crippen LogP contribution in [0.4, 0.5) is 0 Å². The normalized spacial score (nSPS) is 24.4. The Kier molecular flexibility index (Phi) is 6.18. The predicted octanol–water partition coefficient (Wildman–Crippen LogP) is 4.52. The van der Waals surface area contributed by atoms with E-state index in [0.717, 1.165) is 35.8 Å². The lowest BCUT2D eigenvalue weighted by Crippen LogP contribution is -2.42. The summed E-state index contributed by atoms with van der Waals surface area (Å²) in [7, 11) is 0. The van der Waals surface area contributed by atoms with Gasteiger partial charge in [-0.25, -0.2) is 0 Å². The highest BCUT2D eigenvalue weighted by atomic mass is 35.5. The standard InChI is InChI=1S/C17H26ClNO/c1-3-19-17(14-6-4-5-13(2)11-14)12-20-16-9-7-15(18)8-10-16/h7-10,13-14,17,19H,3-6,11-12H2,1-2H3. The summed E-state index contributed by atoms with van der Waals surface area (Å²) in [5, 5.41) is 4.36. The Morgan fingerprint density at radius 2 is 2.05 bits per heavy atom. The van der Waals surface area contributed by atoms with Crippen LogP contribution in [0, 0.1) is 11.8 Å². The van der Waals surface area contributed by atoms with Gasteiger partial charge in [-0.1, -0.05) is 38.3 Å². The third kappa shape index (κ3) is 4.68. The first-order valence-electron chi connectivity index (χ1n) is 7.80. The highest BCUT2D eigenvalue weighted by Gasteiger charge is 2.26. The SMILES string of the molecule is CCNC(COc1ccc(Cl)cc1)C1CCCC(C)C1. The molecule has 0 saturated heterocycles. The number of halogens is 1. The minimum atomic E-state index is 0.457. The minimum absolute atomic E-state index is 0.457. The van der Waals surface area contributed by atoms with E-state index in [4.69, 9.17) is 16.3 Å². The summed E-state index contributed by atoms with van der Waals surface area (Å²) in [6.07, 6.45) is 5.38. The Hall–Kier alpha value is -0.730. The molecule has 0 aromatic heterocycles. The van der Waals surface area contributed by atoms with Gasteiger partial charge in [0.2, 0.25) is 0 Å². The van der Waals surface area contributed by atoms with Crippen LogP contribution < -0.4 is 10.1 Å². The molecule has 0 radical (unpaired) electrons. The molecule has 1 aromatic rings. The number of nitrogens with one attached hydrogen (secondary N) is 1. The van der Waals surface area contributed by atoms with E-state index >= 15 is 0 Å². The summed E-state index contributed by atoms with van der Waals surface area (Å²) in [6.45, 7) is 6.28. The lowest BCUT2D eigenvalue weighted by molar-refractivity contribution is 0.166. The molecule has 0 bridgehead atoms. The summed E-state index contributed by atoms with van der Waals surface area (Å²) < 4.78 is 5.94.